The number of esters is 1. The first-order chi connectivity index (χ1) is 11.5. The molecule has 2 rings (SSSR count). The molecule has 24 heavy (non-hydrogen) atoms. The van der Waals surface area contributed by atoms with Crippen molar-refractivity contribution >= 4 is 40.9 Å². The van der Waals surface area contributed by atoms with Crippen LogP contribution in [0.2, 0.25) is 5.02 Å². The number of carbonyl (C=O) groups excluding carboxylic acids is 2. The highest BCUT2D eigenvalue weighted by atomic mass is 35.5. The fraction of sp³-hybridized carbons (Fsp3) is 0.176. The normalized spacial score (nSPS) is 10.2. The van der Waals surface area contributed by atoms with E-state index in [1.165, 1.54) is 30.0 Å². The average molecular weight is 368 g/mol. The summed E-state index contributed by atoms with van der Waals surface area (Å²) in [5.74, 6) is -1.09. The number of para-hydroxylation sites is 1. The highest BCUT2D eigenvalue weighted by Gasteiger charge is 2.10. The Morgan fingerprint density at radius 3 is 2.54 bits per heavy atom. The second kappa shape index (κ2) is 9.30. The maximum absolute atomic E-state index is 13.4. The molecule has 1 N–H and O–H groups in total. The van der Waals surface area contributed by atoms with Gasteiger partial charge < -0.3 is 10.1 Å². The SMILES string of the molecule is O=C(COC(=O)CCSc1ccc(Cl)cc1)Nc1ccccc1F. The predicted molar refractivity (Wildman–Crippen MR) is 92.8 cm³/mol. The second-order valence-electron chi connectivity index (χ2n) is 4.74. The molecule has 0 bridgehead atoms. The Morgan fingerprint density at radius 1 is 1.12 bits per heavy atom. The smallest absolute Gasteiger partial charge is 0.307 e. The molecule has 0 fully saturated rings. The lowest BCUT2D eigenvalue weighted by molar-refractivity contribution is -0.146. The first-order valence-electron chi connectivity index (χ1n) is 7.13. The third kappa shape index (κ3) is 6.22. The zero-order chi connectivity index (χ0) is 17.4. The number of hydrogen-bond donors (Lipinski definition) is 1. The first-order valence-corrected chi connectivity index (χ1v) is 8.49. The number of thioether (sulfide) groups is 1. The average Bonchev–Trinajstić information content (AvgIpc) is 2.57. The monoisotopic (exact) mass is 367 g/mol. The lowest BCUT2D eigenvalue weighted by Crippen LogP contribution is -2.21. The van der Waals surface area contributed by atoms with Crippen molar-refractivity contribution in [3.8, 4) is 0 Å². The molecule has 0 saturated carbocycles. The number of rotatable bonds is 7. The van der Waals surface area contributed by atoms with Crippen molar-refractivity contribution in [2.24, 2.45) is 0 Å². The summed E-state index contributed by atoms with van der Waals surface area (Å²) in [6.45, 7) is -0.446. The molecule has 0 saturated heterocycles. The van der Waals surface area contributed by atoms with Crippen LogP contribution in [-0.4, -0.2) is 24.2 Å². The quantitative estimate of drug-likeness (QED) is 0.590. The lowest BCUT2D eigenvalue weighted by Gasteiger charge is -2.07. The van der Waals surface area contributed by atoms with E-state index in [2.05, 4.69) is 5.32 Å². The number of anilines is 1. The summed E-state index contributed by atoms with van der Waals surface area (Å²) in [6, 6.07) is 13.0. The zero-order valence-corrected chi connectivity index (χ0v) is 14.2. The Kier molecular flexibility index (Phi) is 7.08. The van der Waals surface area contributed by atoms with Crippen molar-refractivity contribution < 1.29 is 18.7 Å². The molecule has 0 atom stereocenters. The Morgan fingerprint density at radius 2 is 1.83 bits per heavy atom. The molecule has 0 aliphatic heterocycles. The van der Waals surface area contributed by atoms with Crippen molar-refractivity contribution in [1.82, 2.24) is 0 Å². The van der Waals surface area contributed by atoms with Gasteiger partial charge in [0, 0.05) is 15.7 Å². The van der Waals surface area contributed by atoms with Crippen LogP contribution in [0.5, 0.6) is 0 Å². The van der Waals surface area contributed by atoms with Gasteiger partial charge in [0.15, 0.2) is 6.61 Å². The molecular formula is C17H15ClFNO3S. The minimum atomic E-state index is -0.584. The highest BCUT2D eigenvalue weighted by Crippen LogP contribution is 2.21. The number of amides is 1. The Hall–Kier alpha value is -2.05. The van der Waals surface area contributed by atoms with Crippen LogP contribution in [0.3, 0.4) is 0 Å². The van der Waals surface area contributed by atoms with Gasteiger partial charge in [0.05, 0.1) is 12.1 Å². The van der Waals surface area contributed by atoms with Crippen molar-refractivity contribution in [3.63, 3.8) is 0 Å². The van der Waals surface area contributed by atoms with E-state index in [1.54, 1.807) is 18.2 Å². The summed E-state index contributed by atoms with van der Waals surface area (Å²) >= 11 is 7.28. The molecule has 0 unspecified atom stereocenters. The van der Waals surface area contributed by atoms with Gasteiger partial charge in [0.2, 0.25) is 0 Å². The van der Waals surface area contributed by atoms with Gasteiger partial charge in [-0.1, -0.05) is 23.7 Å². The molecule has 2 aromatic rings. The van der Waals surface area contributed by atoms with Crippen LogP contribution < -0.4 is 5.32 Å². The zero-order valence-electron chi connectivity index (χ0n) is 12.6. The summed E-state index contributed by atoms with van der Waals surface area (Å²) in [6.07, 6.45) is 0.167. The van der Waals surface area contributed by atoms with Crippen LogP contribution in [0, 0.1) is 5.82 Å². The summed E-state index contributed by atoms with van der Waals surface area (Å²) in [5.41, 5.74) is 0.0526. The second-order valence-corrected chi connectivity index (χ2v) is 6.35. The van der Waals surface area contributed by atoms with E-state index in [4.69, 9.17) is 16.3 Å². The molecule has 0 radical (unpaired) electrons. The molecule has 2 aromatic carbocycles. The van der Waals surface area contributed by atoms with E-state index >= 15 is 0 Å². The molecule has 126 valence electrons. The fourth-order valence-corrected chi connectivity index (χ4v) is 2.71. The molecule has 0 aromatic heterocycles. The molecule has 1 amide bonds. The molecule has 0 aliphatic carbocycles. The van der Waals surface area contributed by atoms with Gasteiger partial charge >= 0.3 is 5.97 Å². The Labute approximate surface area is 148 Å². The molecule has 0 aliphatic rings. The van der Waals surface area contributed by atoms with E-state index in [9.17, 15) is 14.0 Å². The van der Waals surface area contributed by atoms with E-state index in [-0.39, 0.29) is 12.1 Å². The van der Waals surface area contributed by atoms with Gasteiger partial charge in [-0.05, 0) is 36.4 Å². The third-order valence-electron chi connectivity index (χ3n) is 2.90. The molecule has 4 nitrogen and oxygen atoms in total. The van der Waals surface area contributed by atoms with Crippen molar-refractivity contribution in [2.75, 3.05) is 17.7 Å². The van der Waals surface area contributed by atoms with Crippen LogP contribution in [0.1, 0.15) is 6.42 Å². The summed E-state index contributed by atoms with van der Waals surface area (Å²) in [7, 11) is 0. The Balaban J connectivity index is 1.66. The van der Waals surface area contributed by atoms with E-state index in [0.717, 1.165) is 4.90 Å². The van der Waals surface area contributed by atoms with Crippen molar-refractivity contribution in [1.29, 1.82) is 0 Å². The van der Waals surface area contributed by atoms with Gasteiger partial charge in [-0.3, -0.25) is 9.59 Å². The topological polar surface area (TPSA) is 55.4 Å². The van der Waals surface area contributed by atoms with Crippen LogP contribution >= 0.6 is 23.4 Å². The van der Waals surface area contributed by atoms with E-state index in [0.29, 0.717) is 10.8 Å². The van der Waals surface area contributed by atoms with Gasteiger partial charge in [0.1, 0.15) is 5.82 Å². The predicted octanol–water partition coefficient (Wildman–Crippen LogP) is 4.14. The lowest BCUT2D eigenvalue weighted by atomic mass is 10.3. The van der Waals surface area contributed by atoms with Gasteiger partial charge in [-0.25, -0.2) is 4.39 Å². The van der Waals surface area contributed by atoms with Crippen LogP contribution in [0.4, 0.5) is 10.1 Å². The van der Waals surface area contributed by atoms with Gasteiger partial charge in [-0.15, -0.1) is 11.8 Å². The largest absolute Gasteiger partial charge is 0.456 e. The minimum absolute atomic E-state index is 0.0526. The minimum Gasteiger partial charge on any atom is -0.456 e. The molecule has 0 heterocycles. The first kappa shape index (κ1) is 18.3. The summed E-state index contributed by atoms with van der Waals surface area (Å²) < 4.78 is 18.2. The van der Waals surface area contributed by atoms with Gasteiger partial charge in [-0.2, -0.15) is 0 Å². The number of benzene rings is 2. The number of ether oxygens (including phenoxy) is 1. The Bertz CT molecular complexity index is 709. The van der Waals surface area contributed by atoms with Crippen molar-refractivity contribution in [3.05, 3.63) is 59.4 Å². The standard InChI is InChI=1S/C17H15ClFNO3S/c18-12-5-7-13(8-6-12)24-10-9-17(22)23-11-16(21)20-15-4-2-1-3-14(15)19/h1-8H,9-11H2,(H,20,21). The summed E-state index contributed by atoms with van der Waals surface area (Å²) in [5, 5.41) is 3.00. The van der Waals surface area contributed by atoms with Gasteiger partial charge in [0.25, 0.3) is 5.91 Å². The maximum atomic E-state index is 13.4. The maximum Gasteiger partial charge on any atom is 0.307 e. The number of halogens is 2. The van der Waals surface area contributed by atoms with E-state index < -0.39 is 24.3 Å². The summed E-state index contributed by atoms with van der Waals surface area (Å²) in [4.78, 5) is 24.2. The fourth-order valence-electron chi connectivity index (χ4n) is 1.75. The van der Waals surface area contributed by atoms with Crippen molar-refractivity contribution in [2.45, 2.75) is 11.3 Å². The van der Waals surface area contributed by atoms with Crippen LogP contribution in [0.25, 0.3) is 0 Å². The number of nitrogens with one attached hydrogen (secondary N) is 1. The molecule has 7 heteroatoms. The third-order valence-corrected chi connectivity index (χ3v) is 4.17. The number of hydrogen-bond acceptors (Lipinski definition) is 4. The molecule has 0 spiro atoms. The van der Waals surface area contributed by atoms with Crippen LogP contribution in [-0.2, 0) is 14.3 Å². The highest BCUT2D eigenvalue weighted by molar-refractivity contribution is 7.99. The molecular weight excluding hydrogens is 353 g/mol. The van der Waals surface area contributed by atoms with E-state index in [1.807, 2.05) is 12.1 Å². The van der Waals surface area contributed by atoms with Crippen LogP contribution in [0.15, 0.2) is 53.4 Å². The number of carbonyl (C=O) groups is 2.